The van der Waals surface area contributed by atoms with Gasteiger partial charge in [0.15, 0.2) is 11.2 Å². The van der Waals surface area contributed by atoms with Crippen molar-refractivity contribution in [2.24, 2.45) is 0 Å². The number of unbranched alkanes of at least 4 members (excludes halogenated alkanes) is 1. The van der Waals surface area contributed by atoms with Gasteiger partial charge in [0.25, 0.3) is 5.56 Å². The maximum absolute atomic E-state index is 12.6. The van der Waals surface area contributed by atoms with Crippen LogP contribution in [0.4, 0.5) is 0 Å². The molecule has 0 fully saturated rings. The SMILES string of the molecule is CCCCn1c(=O)[nH]c(=O)c2c1nc(COC(=O)c1ccc(S(=O)(=O)N(C)C)cc1)n2CCC. The number of hydrogen-bond donors (Lipinski definition) is 1. The van der Waals surface area contributed by atoms with Crippen LogP contribution < -0.4 is 11.2 Å². The van der Waals surface area contributed by atoms with Crippen LogP contribution in [0.1, 0.15) is 49.3 Å². The predicted octanol–water partition coefficient (Wildman–Crippen LogP) is 1.70. The Morgan fingerprint density at radius 1 is 1.06 bits per heavy atom. The van der Waals surface area contributed by atoms with Crippen molar-refractivity contribution in [3.63, 3.8) is 0 Å². The number of nitrogens with one attached hydrogen (secondary N) is 1. The number of ether oxygens (including phenoxy) is 1. The first-order chi connectivity index (χ1) is 16.1. The molecule has 0 unspecified atom stereocenters. The normalized spacial score (nSPS) is 11.9. The molecule has 1 N–H and O–H groups in total. The van der Waals surface area contributed by atoms with Gasteiger partial charge < -0.3 is 9.30 Å². The zero-order valence-electron chi connectivity index (χ0n) is 19.7. The van der Waals surface area contributed by atoms with E-state index in [1.807, 2.05) is 13.8 Å². The van der Waals surface area contributed by atoms with Crippen LogP contribution in [0.25, 0.3) is 11.2 Å². The Balaban J connectivity index is 1.90. The molecule has 0 bridgehead atoms. The second kappa shape index (κ2) is 10.3. The molecular formula is C22H29N5O6S. The number of H-pyrrole nitrogens is 1. The zero-order chi connectivity index (χ0) is 25.0. The fraction of sp³-hybridized carbons (Fsp3) is 0.455. The number of carbonyl (C=O) groups excluding carboxylic acids is 1. The predicted molar refractivity (Wildman–Crippen MR) is 126 cm³/mol. The summed E-state index contributed by atoms with van der Waals surface area (Å²) in [6.45, 7) is 4.58. The number of aryl methyl sites for hydroxylation is 2. The third kappa shape index (κ3) is 4.97. The number of aromatic amines is 1. The van der Waals surface area contributed by atoms with Crippen molar-refractivity contribution in [2.75, 3.05) is 14.1 Å². The van der Waals surface area contributed by atoms with E-state index in [0.717, 1.165) is 17.1 Å². The fourth-order valence-corrected chi connectivity index (χ4v) is 4.40. The summed E-state index contributed by atoms with van der Waals surface area (Å²) in [6.07, 6.45) is 2.30. The molecule has 34 heavy (non-hydrogen) atoms. The quantitative estimate of drug-likeness (QED) is 0.426. The highest BCUT2D eigenvalue weighted by molar-refractivity contribution is 7.89. The smallest absolute Gasteiger partial charge is 0.338 e. The van der Waals surface area contributed by atoms with Gasteiger partial charge >= 0.3 is 11.7 Å². The third-order valence-corrected chi connectivity index (χ3v) is 7.18. The second-order valence-corrected chi connectivity index (χ2v) is 10.2. The summed E-state index contributed by atoms with van der Waals surface area (Å²) in [4.78, 5) is 44.4. The van der Waals surface area contributed by atoms with Crippen LogP contribution >= 0.6 is 0 Å². The van der Waals surface area contributed by atoms with Crippen LogP contribution in [0.3, 0.4) is 0 Å². The van der Waals surface area contributed by atoms with E-state index in [4.69, 9.17) is 4.74 Å². The molecule has 2 aromatic heterocycles. The Kier molecular flexibility index (Phi) is 7.72. The third-order valence-electron chi connectivity index (χ3n) is 5.35. The average Bonchev–Trinajstić information content (AvgIpc) is 3.16. The summed E-state index contributed by atoms with van der Waals surface area (Å²) < 4.78 is 34.0. The zero-order valence-corrected chi connectivity index (χ0v) is 20.5. The van der Waals surface area contributed by atoms with Crippen LogP contribution in [-0.2, 0) is 34.5 Å². The van der Waals surface area contributed by atoms with Gasteiger partial charge in [-0.25, -0.2) is 27.3 Å². The van der Waals surface area contributed by atoms with Gasteiger partial charge in [0.1, 0.15) is 12.4 Å². The molecule has 0 saturated heterocycles. The number of hydrogen-bond acceptors (Lipinski definition) is 7. The van der Waals surface area contributed by atoms with E-state index in [0.29, 0.717) is 25.3 Å². The standard InChI is InChI=1S/C22H29N5O6S/c1-5-7-13-27-19-18(20(28)24-22(27)30)26(12-6-2)17(23-19)14-33-21(29)15-8-10-16(11-9-15)34(31,32)25(3)4/h8-11H,5-7,12-14H2,1-4H3,(H,24,28,30). The molecule has 0 saturated carbocycles. The lowest BCUT2D eigenvalue weighted by Crippen LogP contribution is -2.31. The molecule has 11 nitrogen and oxygen atoms in total. The number of fused-ring (bicyclic) bond motifs is 1. The summed E-state index contributed by atoms with van der Waals surface area (Å²) in [6, 6.07) is 5.43. The molecule has 2 heterocycles. The highest BCUT2D eigenvalue weighted by Gasteiger charge is 2.21. The molecule has 0 amide bonds. The van der Waals surface area contributed by atoms with Crippen LogP contribution in [0.2, 0.25) is 0 Å². The molecule has 184 valence electrons. The topological polar surface area (TPSA) is 136 Å². The maximum atomic E-state index is 12.6. The van der Waals surface area contributed by atoms with Gasteiger partial charge in [-0.3, -0.25) is 14.3 Å². The first kappa shape index (κ1) is 25.4. The van der Waals surface area contributed by atoms with Gasteiger partial charge in [-0.15, -0.1) is 0 Å². The van der Waals surface area contributed by atoms with Crippen molar-refractivity contribution in [1.29, 1.82) is 0 Å². The molecule has 3 aromatic rings. The monoisotopic (exact) mass is 491 g/mol. The first-order valence-corrected chi connectivity index (χ1v) is 12.5. The lowest BCUT2D eigenvalue weighted by Gasteiger charge is -2.11. The van der Waals surface area contributed by atoms with E-state index >= 15 is 0 Å². The summed E-state index contributed by atoms with van der Waals surface area (Å²) in [5.74, 6) is -0.320. The minimum absolute atomic E-state index is 0.0584. The number of rotatable bonds is 10. The Morgan fingerprint density at radius 2 is 1.74 bits per heavy atom. The number of esters is 1. The van der Waals surface area contributed by atoms with Gasteiger partial charge in [-0.2, -0.15) is 0 Å². The lowest BCUT2D eigenvalue weighted by molar-refractivity contribution is 0.0458. The van der Waals surface area contributed by atoms with Crippen molar-refractivity contribution >= 4 is 27.2 Å². The Bertz CT molecular complexity index is 1400. The summed E-state index contributed by atoms with van der Waals surface area (Å²) in [7, 11) is -0.766. The molecule has 0 atom stereocenters. The Hall–Kier alpha value is -3.25. The summed E-state index contributed by atoms with van der Waals surface area (Å²) in [5, 5.41) is 0. The minimum atomic E-state index is -3.61. The maximum Gasteiger partial charge on any atom is 0.338 e. The summed E-state index contributed by atoms with van der Waals surface area (Å²) >= 11 is 0. The van der Waals surface area contributed by atoms with Gasteiger partial charge in [0.2, 0.25) is 10.0 Å². The molecule has 0 aliphatic rings. The molecule has 0 aliphatic carbocycles. The molecule has 0 aliphatic heterocycles. The Labute approximate surface area is 197 Å². The van der Waals surface area contributed by atoms with Crippen molar-refractivity contribution in [2.45, 2.75) is 57.7 Å². The van der Waals surface area contributed by atoms with Gasteiger partial charge in [-0.1, -0.05) is 20.3 Å². The highest BCUT2D eigenvalue weighted by atomic mass is 32.2. The second-order valence-electron chi connectivity index (χ2n) is 8.00. The van der Waals surface area contributed by atoms with E-state index in [9.17, 15) is 22.8 Å². The number of aromatic nitrogens is 4. The average molecular weight is 492 g/mol. The van der Waals surface area contributed by atoms with Crippen molar-refractivity contribution in [1.82, 2.24) is 23.4 Å². The first-order valence-electron chi connectivity index (χ1n) is 11.0. The van der Waals surface area contributed by atoms with Gasteiger partial charge in [0.05, 0.1) is 10.5 Å². The number of sulfonamides is 1. The van der Waals surface area contributed by atoms with E-state index in [1.54, 1.807) is 4.57 Å². The van der Waals surface area contributed by atoms with E-state index in [-0.39, 0.29) is 28.2 Å². The Morgan fingerprint density at radius 3 is 2.32 bits per heavy atom. The van der Waals surface area contributed by atoms with Crippen molar-refractivity contribution in [3.8, 4) is 0 Å². The minimum Gasteiger partial charge on any atom is -0.454 e. The van der Waals surface area contributed by atoms with E-state index < -0.39 is 27.2 Å². The van der Waals surface area contributed by atoms with Crippen LogP contribution in [-0.4, -0.2) is 51.9 Å². The lowest BCUT2D eigenvalue weighted by atomic mass is 10.2. The molecule has 3 rings (SSSR count). The van der Waals surface area contributed by atoms with Gasteiger partial charge in [-0.05, 0) is 37.1 Å². The van der Waals surface area contributed by atoms with E-state index in [2.05, 4.69) is 9.97 Å². The number of imidazole rings is 1. The van der Waals surface area contributed by atoms with Crippen LogP contribution in [0.15, 0.2) is 38.8 Å². The number of carbonyl (C=O) groups is 1. The fourth-order valence-electron chi connectivity index (χ4n) is 3.50. The van der Waals surface area contributed by atoms with Crippen LogP contribution in [0, 0.1) is 0 Å². The van der Waals surface area contributed by atoms with E-state index in [1.165, 1.54) is 42.9 Å². The van der Waals surface area contributed by atoms with Crippen molar-refractivity contribution in [3.05, 3.63) is 56.5 Å². The number of benzene rings is 1. The molecule has 0 radical (unpaired) electrons. The molecule has 0 spiro atoms. The summed E-state index contributed by atoms with van der Waals surface area (Å²) in [5.41, 5.74) is -0.359. The highest BCUT2D eigenvalue weighted by Crippen LogP contribution is 2.17. The molecule has 1 aromatic carbocycles. The van der Waals surface area contributed by atoms with Crippen LogP contribution in [0.5, 0.6) is 0 Å². The van der Waals surface area contributed by atoms with Gasteiger partial charge in [0, 0.05) is 27.2 Å². The molecule has 12 heteroatoms. The van der Waals surface area contributed by atoms with Crippen molar-refractivity contribution < 1.29 is 17.9 Å². The largest absolute Gasteiger partial charge is 0.454 e. The molecular weight excluding hydrogens is 462 g/mol. The number of nitrogens with zero attached hydrogens (tertiary/aromatic N) is 4.